The van der Waals surface area contributed by atoms with Crippen LogP contribution >= 0.6 is 0 Å². The van der Waals surface area contributed by atoms with Gasteiger partial charge in [-0.2, -0.15) is 0 Å². The van der Waals surface area contributed by atoms with Gasteiger partial charge in [0, 0.05) is 16.8 Å². The van der Waals surface area contributed by atoms with Crippen molar-refractivity contribution < 1.29 is 9.47 Å². The molecule has 0 amide bonds. The van der Waals surface area contributed by atoms with Crippen molar-refractivity contribution in [3.8, 4) is 22.8 Å². The van der Waals surface area contributed by atoms with E-state index in [9.17, 15) is 0 Å². The lowest BCUT2D eigenvalue weighted by Crippen LogP contribution is -2.27. The monoisotopic (exact) mass is 323 g/mol. The van der Waals surface area contributed by atoms with Crippen molar-refractivity contribution >= 4 is 11.5 Å². The van der Waals surface area contributed by atoms with Crippen molar-refractivity contribution in [2.24, 2.45) is 0 Å². The Bertz CT molecular complexity index is 922. The van der Waals surface area contributed by atoms with E-state index in [-0.39, 0.29) is 12.3 Å². The van der Waals surface area contributed by atoms with Crippen LogP contribution in [0.1, 0.15) is 26.5 Å². The Morgan fingerprint density at radius 2 is 1.88 bits per heavy atom. The molecule has 0 unspecified atom stereocenters. The first-order chi connectivity index (χ1) is 11.4. The fraction of sp³-hybridized carbons (Fsp3) is 0.316. The van der Waals surface area contributed by atoms with E-state index >= 15 is 0 Å². The highest BCUT2D eigenvalue weighted by atomic mass is 16.7. The van der Waals surface area contributed by atoms with Gasteiger partial charge in [-0.15, -0.1) is 0 Å². The van der Waals surface area contributed by atoms with E-state index in [4.69, 9.17) is 14.5 Å². The second-order valence-electron chi connectivity index (χ2n) is 7.11. The van der Waals surface area contributed by atoms with Crippen LogP contribution in [0.5, 0.6) is 11.5 Å². The maximum atomic E-state index is 5.52. The van der Waals surface area contributed by atoms with Crippen LogP contribution in [0.15, 0.2) is 36.4 Å². The Hall–Kier alpha value is -2.69. The largest absolute Gasteiger partial charge is 0.454 e. The van der Waals surface area contributed by atoms with Crippen LogP contribution in [0, 0.1) is 6.92 Å². The summed E-state index contributed by atoms with van der Waals surface area (Å²) in [6.07, 6.45) is 0. The number of hydrogen-bond donors (Lipinski definition) is 1. The number of nitrogens with zero attached hydrogens (tertiary/aromatic N) is 2. The number of hydrogen-bond acceptors (Lipinski definition) is 4. The van der Waals surface area contributed by atoms with Gasteiger partial charge in [0.2, 0.25) is 6.79 Å². The van der Waals surface area contributed by atoms with Crippen LogP contribution in [0.3, 0.4) is 0 Å². The standard InChI is InChI=1S/C19H21N3O2/c1-12-6-5-7-16-20-17(18(22(12)16)21-19(2,3)4)13-8-9-14-15(10-13)24-11-23-14/h5-10,21H,11H2,1-4H3. The lowest BCUT2D eigenvalue weighted by atomic mass is 10.1. The van der Waals surface area contributed by atoms with Gasteiger partial charge in [0.1, 0.15) is 17.2 Å². The number of pyridine rings is 1. The van der Waals surface area contributed by atoms with E-state index in [0.717, 1.165) is 39.9 Å². The molecule has 4 rings (SSSR count). The van der Waals surface area contributed by atoms with Crippen molar-refractivity contribution in [3.05, 3.63) is 42.1 Å². The molecule has 0 saturated heterocycles. The van der Waals surface area contributed by atoms with E-state index in [0.29, 0.717) is 0 Å². The molecule has 1 aromatic carbocycles. The molecule has 0 atom stereocenters. The highest BCUT2D eigenvalue weighted by molar-refractivity contribution is 5.78. The van der Waals surface area contributed by atoms with E-state index in [1.807, 2.05) is 30.3 Å². The number of ether oxygens (including phenoxy) is 2. The molecule has 0 radical (unpaired) electrons. The Balaban J connectivity index is 1.94. The molecule has 1 aliphatic heterocycles. The second kappa shape index (κ2) is 5.16. The van der Waals surface area contributed by atoms with Gasteiger partial charge in [-0.3, -0.25) is 4.40 Å². The van der Waals surface area contributed by atoms with Gasteiger partial charge in [-0.25, -0.2) is 4.98 Å². The predicted molar refractivity (Wildman–Crippen MR) is 94.9 cm³/mol. The minimum atomic E-state index is -0.0800. The van der Waals surface area contributed by atoms with Crippen LogP contribution in [0.4, 0.5) is 5.82 Å². The molecule has 0 aliphatic carbocycles. The van der Waals surface area contributed by atoms with Gasteiger partial charge in [0.05, 0.1) is 0 Å². The average Bonchev–Trinajstić information content (AvgIpc) is 3.10. The van der Waals surface area contributed by atoms with Gasteiger partial charge in [0.15, 0.2) is 11.5 Å². The minimum absolute atomic E-state index is 0.0800. The van der Waals surface area contributed by atoms with Crippen LogP contribution in [-0.4, -0.2) is 21.7 Å². The number of imidazole rings is 1. The van der Waals surface area contributed by atoms with Gasteiger partial charge in [0.25, 0.3) is 0 Å². The number of fused-ring (bicyclic) bond motifs is 2. The summed E-state index contributed by atoms with van der Waals surface area (Å²) in [6, 6.07) is 12.1. The zero-order chi connectivity index (χ0) is 16.9. The van der Waals surface area contributed by atoms with E-state index in [1.165, 1.54) is 0 Å². The molecule has 0 fully saturated rings. The summed E-state index contributed by atoms with van der Waals surface area (Å²) >= 11 is 0. The number of aromatic nitrogens is 2. The molecule has 2 aromatic heterocycles. The first-order valence-electron chi connectivity index (χ1n) is 8.09. The molecule has 0 spiro atoms. The van der Waals surface area contributed by atoms with Gasteiger partial charge in [-0.05, 0) is 58.0 Å². The first-order valence-corrected chi connectivity index (χ1v) is 8.09. The van der Waals surface area contributed by atoms with Crippen molar-refractivity contribution in [1.29, 1.82) is 0 Å². The predicted octanol–water partition coefficient (Wildman–Crippen LogP) is 4.25. The van der Waals surface area contributed by atoms with Crippen molar-refractivity contribution in [2.75, 3.05) is 12.1 Å². The highest BCUT2D eigenvalue weighted by Crippen LogP contribution is 2.38. The van der Waals surface area contributed by atoms with Gasteiger partial charge in [-0.1, -0.05) is 6.07 Å². The first kappa shape index (κ1) is 14.9. The topological polar surface area (TPSA) is 47.8 Å². The molecular formula is C19H21N3O2. The third kappa shape index (κ3) is 2.46. The average molecular weight is 323 g/mol. The zero-order valence-corrected chi connectivity index (χ0v) is 14.4. The molecular weight excluding hydrogens is 302 g/mol. The molecule has 24 heavy (non-hydrogen) atoms. The van der Waals surface area contributed by atoms with Crippen molar-refractivity contribution in [1.82, 2.24) is 9.38 Å². The van der Waals surface area contributed by atoms with E-state index in [2.05, 4.69) is 43.5 Å². The lowest BCUT2D eigenvalue weighted by molar-refractivity contribution is 0.174. The molecule has 0 saturated carbocycles. The van der Waals surface area contributed by atoms with Crippen LogP contribution in [-0.2, 0) is 0 Å². The highest BCUT2D eigenvalue weighted by Gasteiger charge is 2.22. The third-order valence-electron chi connectivity index (χ3n) is 3.98. The van der Waals surface area contributed by atoms with Crippen LogP contribution < -0.4 is 14.8 Å². The summed E-state index contributed by atoms with van der Waals surface area (Å²) < 4.78 is 13.1. The number of anilines is 1. The number of nitrogens with one attached hydrogen (secondary N) is 1. The quantitative estimate of drug-likeness (QED) is 0.766. The molecule has 1 aliphatic rings. The SMILES string of the molecule is Cc1cccc2nc(-c3ccc4c(c3)OCO4)c(NC(C)(C)C)n12. The number of benzene rings is 1. The smallest absolute Gasteiger partial charge is 0.231 e. The Morgan fingerprint density at radius 3 is 2.67 bits per heavy atom. The number of aryl methyl sites for hydroxylation is 1. The molecule has 1 N–H and O–H groups in total. The third-order valence-corrected chi connectivity index (χ3v) is 3.98. The van der Waals surface area contributed by atoms with Crippen LogP contribution in [0.25, 0.3) is 16.9 Å². The van der Waals surface area contributed by atoms with Gasteiger partial charge >= 0.3 is 0 Å². The lowest BCUT2D eigenvalue weighted by Gasteiger charge is -2.23. The molecule has 5 nitrogen and oxygen atoms in total. The second-order valence-corrected chi connectivity index (χ2v) is 7.11. The normalized spacial score (nSPS) is 13.5. The summed E-state index contributed by atoms with van der Waals surface area (Å²) in [5, 5.41) is 3.61. The summed E-state index contributed by atoms with van der Waals surface area (Å²) in [7, 11) is 0. The fourth-order valence-electron chi connectivity index (χ4n) is 2.97. The molecule has 124 valence electrons. The zero-order valence-electron chi connectivity index (χ0n) is 14.4. The summed E-state index contributed by atoms with van der Waals surface area (Å²) in [6.45, 7) is 8.80. The summed E-state index contributed by atoms with van der Waals surface area (Å²) in [5.41, 5.74) is 3.91. The Morgan fingerprint density at radius 1 is 1.08 bits per heavy atom. The molecule has 5 heteroatoms. The summed E-state index contributed by atoms with van der Waals surface area (Å²) in [5.74, 6) is 2.54. The number of rotatable bonds is 2. The van der Waals surface area contributed by atoms with E-state index < -0.39 is 0 Å². The van der Waals surface area contributed by atoms with E-state index in [1.54, 1.807) is 0 Å². The minimum Gasteiger partial charge on any atom is -0.454 e. The maximum Gasteiger partial charge on any atom is 0.231 e. The Labute approximate surface area is 141 Å². The molecule has 3 aromatic rings. The van der Waals surface area contributed by atoms with Crippen molar-refractivity contribution in [2.45, 2.75) is 33.2 Å². The van der Waals surface area contributed by atoms with Crippen LogP contribution in [0.2, 0.25) is 0 Å². The van der Waals surface area contributed by atoms with Crippen molar-refractivity contribution in [3.63, 3.8) is 0 Å². The molecule has 0 bridgehead atoms. The molecule has 3 heterocycles. The Kier molecular flexibility index (Phi) is 3.20. The van der Waals surface area contributed by atoms with Gasteiger partial charge < -0.3 is 14.8 Å². The fourth-order valence-corrected chi connectivity index (χ4v) is 2.97. The maximum absolute atomic E-state index is 5.52. The summed E-state index contributed by atoms with van der Waals surface area (Å²) in [4.78, 5) is 4.86.